The van der Waals surface area contributed by atoms with Gasteiger partial charge in [0.1, 0.15) is 5.82 Å². The molecular weight excluding hydrogens is 365 g/mol. The number of Topliss-reactive ketones (excluding diaryl/α,β-unsaturated/α-hetero) is 1. The van der Waals surface area contributed by atoms with Gasteiger partial charge in [0, 0.05) is 17.1 Å². The predicted octanol–water partition coefficient (Wildman–Crippen LogP) is 5.48. The maximum Gasteiger partial charge on any atom is 0.168 e. The highest BCUT2D eigenvalue weighted by Crippen LogP contribution is 2.35. The number of hydrogen-bond acceptors (Lipinski definition) is 3. The van der Waals surface area contributed by atoms with Crippen LogP contribution in [-0.4, -0.2) is 15.6 Å². The summed E-state index contributed by atoms with van der Waals surface area (Å²) in [5.41, 5.74) is 3.89. The number of nitrogens with one attached hydrogen (secondary N) is 1. The molecule has 2 aromatic carbocycles. The number of benzene rings is 2. The molecule has 1 N–H and O–H groups in total. The zero-order valence-corrected chi connectivity index (χ0v) is 15.8. The monoisotopic (exact) mass is 383 g/mol. The number of halogens is 2. The second-order valence-electron chi connectivity index (χ2n) is 7.03. The molecule has 1 heterocycles. The third kappa shape index (κ3) is 3.23. The van der Waals surface area contributed by atoms with Crippen LogP contribution in [0.1, 0.15) is 35.0 Å². The molecule has 1 aromatic heterocycles. The largest absolute Gasteiger partial charge is 0.338 e. The topological polar surface area (TPSA) is 46.9 Å². The van der Waals surface area contributed by atoms with Crippen molar-refractivity contribution in [1.29, 1.82) is 0 Å². The highest BCUT2D eigenvalue weighted by molar-refractivity contribution is 6.31. The first kappa shape index (κ1) is 17.7. The number of aromatic nitrogens is 2. The van der Waals surface area contributed by atoms with E-state index in [4.69, 9.17) is 11.6 Å². The minimum atomic E-state index is -0.308. The number of fused-ring (bicyclic) bond motifs is 1. The van der Waals surface area contributed by atoms with E-state index in [1.165, 1.54) is 12.1 Å². The number of carbonyl (C=O) groups excluding carboxylic acids is 1. The zero-order valence-electron chi connectivity index (χ0n) is 15.1. The van der Waals surface area contributed by atoms with E-state index in [1.54, 1.807) is 16.8 Å². The van der Waals surface area contributed by atoms with Crippen molar-refractivity contribution >= 4 is 28.9 Å². The van der Waals surface area contributed by atoms with Gasteiger partial charge < -0.3 is 5.32 Å². The Kier molecular flexibility index (Phi) is 4.48. The van der Waals surface area contributed by atoms with Gasteiger partial charge in [0.05, 0.1) is 16.9 Å². The lowest BCUT2D eigenvalue weighted by molar-refractivity contribution is 0.0953. The summed E-state index contributed by atoms with van der Waals surface area (Å²) in [6.07, 6.45) is 1.23. The van der Waals surface area contributed by atoms with Crippen molar-refractivity contribution in [3.8, 4) is 5.69 Å². The van der Waals surface area contributed by atoms with Crippen molar-refractivity contribution in [3.05, 3.63) is 70.1 Å². The third-order valence-electron chi connectivity index (χ3n) is 4.93. The third-order valence-corrected chi connectivity index (χ3v) is 5.34. The van der Waals surface area contributed by atoms with Gasteiger partial charge in [-0.05, 0) is 61.2 Å². The Balaban J connectivity index is 1.85. The van der Waals surface area contributed by atoms with Gasteiger partial charge in [-0.3, -0.25) is 4.79 Å². The molecule has 0 unspecified atom stereocenters. The van der Waals surface area contributed by atoms with E-state index >= 15 is 0 Å². The van der Waals surface area contributed by atoms with Gasteiger partial charge in [0.15, 0.2) is 11.6 Å². The van der Waals surface area contributed by atoms with Crippen molar-refractivity contribution in [2.24, 2.45) is 5.92 Å². The standard InChI is InChI=1S/C21H19ClFN3O/c1-12-10-18-20(19(27)11-12)21(24-17-5-3-4-16(22)13(17)2)25-26(18)15-8-6-14(23)7-9-15/h3-9,12H,10-11H2,1-2H3,(H,24,25)/t12-/m1/s1. The minimum Gasteiger partial charge on any atom is -0.338 e. The highest BCUT2D eigenvalue weighted by Gasteiger charge is 2.31. The first-order valence-corrected chi connectivity index (χ1v) is 9.25. The van der Waals surface area contributed by atoms with E-state index in [0.29, 0.717) is 22.8 Å². The molecule has 4 nitrogen and oxygen atoms in total. The smallest absolute Gasteiger partial charge is 0.168 e. The summed E-state index contributed by atoms with van der Waals surface area (Å²) in [6, 6.07) is 11.7. The van der Waals surface area contributed by atoms with E-state index in [-0.39, 0.29) is 17.5 Å². The maximum atomic E-state index is 13.3. The van der Waals surface area contributed by atoms with Crippen LogP contribution in [0, 0.1) is 18.7 Å². The average Bonchev–Trinajstić information content (AvgIpc) is 2.98. The van der Waals surface area contributed by atoms with Crippen LogP contribution in [-0.2, 0) is 6.42 Å². The molecule has 0 radical (unpaired) electrons. The van der Waals surface area contributed by atoms with Crippen molar-refractivity contribution in [2.75, 3.05) is 5.32 Å². The predicted molar refractivity (Wildman–Crippen MR) is 105 cm³/mol. The average molecular weight is 384 g/mol. The number of carbonyl (C=O) groups is 1. The van der Waals surface area contributed by atoms with E-state index in [9.17, 15) is 9.18 Å². The van der Waals surface area contributed by atoms with Gasteiger partial charge in [-0.15, -0.1) is 5.10 Å². The Morgan fingerprint density at radius 2 is 1.93 bits per heavy atom. The molecule has 1 aliphatic carbocycles. The van der Waals surface area contributed by atoms with Crippen LogP contribution in [0.4, 0.5) is 15.9 Å². The fraction of sp³-hybridized carbons (Fsp3) is 0.238. The van der Waals surface area contributed by atoms with Gasteiger partial charge in [-0.2, -0.15) is 0 Å². The van der Waals surface area contributed by atoms with E-state index in [1.807, 2.05) is 25.1 Å². The molecule has 4 rings (SSSR count). The summed E-state index contributed by atoms with van der Waals surface area (Å²) in [7, 11) is 0. The maximum absolute atomic E-state index is 13.3. The van der Waals surface area contributed by atoms with E-state index in [0.717, 1.165) is 29.1 Å². The van der Waals surface area contributed by atoms with Crippen LogP contribution < -0.4 is 5.32 Å². The summed E-state index contributed by atoms with van der Waals surface area (Å²) in [4.78, 5) is 12.8. The van der Waals surface area contributed by atoms with Crippen molar-refractivity contribution in [3.63, 3.8) is 0 Å². The molecule has 0 spiro atoms. The second-order valence-corrected chi connectivity index (χ2v) is 7.44. The van der Waals surface area contributed by atoms with Crippen molar-refractivity contribution in [2.45, 2.75) is 26.7 Å². The van der Waals surface area contributed by atoms with E-state index < -0.39 is 0 Å². The molecule has 3 aromatic rings. The summed E-state index contributed by atoms with van der Waals surface area (Å²) < 4.78 is 15.1. The van der Waals surface area contributed by atoms with Crippen molar-refractivity contribution < 1.29 is 9.18 Å². The first-order valence-electron chi connectivity index (χ1n) is 8.87. The summed E-state index contributed by atoms with van der Waals surface area (Å²) in [6.45, 7) is 3.97. The molecule has 0 amide bonds. The summed E-state index contributed by atoms with van der Waals surface area (Å²) in [5, 5.41) is 8.58. The number of anilines is 2. The fourth-order valence-electron chi connectivity index (χ4n) is 3.51. The molecule has 0 saturated heterocycles. The van der Waals surface area contributed by atoms with Crippen LogP contribution in [0.15, 0.2) is 42.5 Å². The van der Waals surface area contributed by atoms with Gasteiger partial charge in [0.2, 0.25) is 0 Å². The first-order chi connectivity index (χ1) is 12.9. The molecule has 1 atom stereocenters. The van der Waals surface area contributed by atoms with Gasteiger partial charge in [0.25, 0.3) is 0 Å². The lowest BCUT2D eigenvalue weighted by Crippen LogP contribution is -2.19. The number of rotatable bonds is 3. The van der Waals surface area contributed by atoms with Crippen LogP contribution in [0.2, 0.25) is 5.02 Å². The number of ketones is 1. The van der Waals surface area contributed by atoms with Gasteiger partial charge in [-0.25, -0.2) is 9.07 Å². The minimum absolute atomic E-state index is 0.0688. The Bertz CT molecular complexity index is 1030. The second kappa shape index (κ2) is 6.82. The highest BCUT2D eigenvalue weighted by atomic mass is 35.5. The zero-order chi connectivity index (χ0) is 19.1. The SMILES string of the molecule is Cc1c(Cl)cccc1Nc1nn(-c2ccc(F)cc2)c2c1C(=O)C[C@H](C)C2. The van der Waals surface area contributed by atoms with E-state index in [2.05, 4.69) is 17.3 Å². The summed E-state index contributed by atoms with van der Waals surface area (Å²) >= 11 is 6.22. The molecule has 0 fully saturated rings. The number of nitrogens with zero attached hydrogens (tertiary/aromatic N) is 2. The quantitative estimate of drug-likeness (QED) is 0.651. The Morgan fingerprint density at radius 1 is 1.19 bits per heavy atom. The van der Waals surface area contributed by atoms with Crippen LogP contribution in [0.5, 0.6) is 0 Å². The molecular formula is C21H19ClFN3O. The van der Waals surface area contributed by atoms with Crippen LogP contribution in [0.25, 0.3) is 5.69 Å². The lowest BCUT2D eigenvalue weighted by atomic mass is 9.87. The molecule has 0 saturated carbocycles. The lowest BCUT2D eigenvalue weighted by Gasteiger charge is -2.19. The molecule has 138 valence electrons. The molecule has 1 aliphatic rings. The summed E-state index contributed by atoms with van der Waals surface area (Å²) in [5.74, 6) is 0.509. The normalized spacial score (nSPS) is 16.3. The fourth-order valence-corrected chi connectivity index (χ4v) is 3.68. The Morgan fingerprint density at radius 3 is 2.67 bits per heavy atom. The molecule has 0 bridgehead atoms. The van der Waals surface area contributed by atoms with Gasteiger partial charge in [-0.1, -0.05) is 24.6 Å². The van der Waals surface area contributed by atoms with Crippen LogP contribution in [0.3, 0.4) is 0 Å². The molecule has 27 heavy (non-hydrogen) atoms. The molecule has 0 aliphatic heterocycles. The van der Waals surface area contributed by atoms with Crippen molar-refractivity contribution in [1.82, 2.24) is 9.78 Å². The Hall–Kier alpha value is -2.66. The Labute approximate surface area is 162 Å². The van der Waals surface area contributed by atoms with Crippen LogP contribution >= 0.6 is 11.6 Å². The number of hydrogen-bond donors (Lipinski definition) is 1. The van der Waals surface area contributed by atoms with Gasteiger partial charge >= 0.3 is 0 Å². The molecule has 6 heteroatoms.